The average Bonchev–Trinajstić information content (AvgIpc) is 2.83. The predicted octanol–water partition coefficient (Wildman–Crippen LogP) is 2.35. The van der Waals surface area contributed by atoms with Crippen molar-refractivity contribution in [2.45, 2.75) is 0 Å². The number of nitrogen functional groups attached to an aromatic ring is 1. The highest BCUT2D eigenvalue weighted by atomic mass is 79.9. The Hall–Kier alpha value is -2.04. The van der Waals surface area contributed by atoms with E-state index in [-0.39, 0.29) is 16.9 Å². The Bertz CT molecular complexity index is 675. The van der Waals surface area contributed by atoms with E-state index in [0.717, 1.165) is 9.85 Å². The van der Waals surface area contributed by atoms with Crippen molar-refractivity contribution in [2.24, 2.45) is 5.84 Å². The van der Waals surface area contributed by atoms with Gasteiger partial charge < -0.3 is 5.43 Å². The van der Waals surface area contributed by atoms with Crippen molar-refractivity contribution in [1.29, 1.82) is 0 Å². The van der Waals surface area contributed by atoms with Gasteiger partial charge >= 0.3 is 0 Å². The van der Waals surface area contributed by atoms with E-state index in [1.807, 2.05) is 0 Å². The van der Waals surface area contributed by atoms with Crippen LogP contribution < -0.4 is 16.6 Å². The Morgan fingerprint density at radius 2 is 2.25 bits per heavy atom. The zero-order valence-corrected chi connectivity index (χ0v) is 12.2. The van der Waals surface area contributed by atoms with Crippen molar-refractivity contribution in [3.63, 3.8) is 0 Å². The number of nitro benzene ring substituents is 1. The van der Waals surface area contributed by atoms with E-state index in [4.69, 9.17) is 5.84 Å². The van der Waals surface area contributed by atoms with Gasteiger partial charge in [-0.25, -0.2) is 4.98 Å². The number of rotatable bonds is 4. The summed E-state index contributed by atoms with van der Waals surface area (Å²) < 4.78 is 0.754. The molecule has 104 valence electrons. The molecule has 20 heavy (non-hydrogen) atoms. The molecule has 0 bridgehead atoms. The lowest BCUT2D eigenvalue weighted by molar-refractivity contribution is -0.384. The minimum atomic E-state index is -0.586. The second kappa shape index (κ2) is 5.94. The predicted molar refractivity (Wildman–Crippen MR) is 78.7 cm³/mol. The summed E-state index contributed by atoms with van der Waals surface area (Å²) in [7, 11) is 0. The van der Waals surface area contributed by atoms with Crippen LogP contribution in [0.1, 0.15) is 10.4 Å². The maximum atomic E-state index is 12.1. The normalized spacial score (nSPS) is 10.1. The van der Waals surface area contributed by atoms with Gasteiger partial charge in [0.15, 0.2) is 5.13 Å². The van der Waals surface area contributed by atoms with Crippen LogP contribution in [0.3, 0.4) is 0 Å². The molecule has 1 aromatic heterocycles. The highest BCUT2D eigenvalue weighted by Crippen LogP contribution is 2.26. The Morgan fingerprint density at radius 1 is 1.50 bits per heavy atom. The molecule has 0 unspecified atom stereocenters. The van der Waals surface area contributed by atoms with Gasteiger partial charge in [0, 0.05) is 12.1 Å². The second-order valence-corrected chi connectivity index (χ2v) is 5.96. The monoisotopic (exact) mass is 357 g/mol. The van der Waals surface area contributed by atoms with Crippen LogP contribution in [0.5, 0.6) is 0 Å². The molecule has 0 spiro atoms. The van der Waals surface area contributed by atoms with E-state index in [1.54, 1.807) is 0 Å². The molecule has 8 nitrogen and oxygen atoms in total. The van der Waals surface area contributed by atoms with E-state index >= 15 is 0 Å². The van der Waals surface area contributed by atoms with Gasteiger partial charge in [-0.2, -0.15) is 0 Å². The minimum absolute atomic E-state index is 0.0630. The minimum Gasteiger partial charge on any atom is -0.323 e. The van der Waals surface area contributed by atoms with Crippen LogP contribution in [-0.4, -0.2) is 15.8 Å². The number of nitrogens with one attached hydrogen (secondary N) is 2. The first-order valence-electron chi connectivity index (χ1n) is 5.19. The van der Waals surface area contributed by atoms with Gasteiger partial charge in [0.1, 0.15) is 0 Å². The van der Waals surface area contributed by atoms with E-state index in [1.165, 1.54) is 29.7 Å². The molecule has 0 saturated heterocycles. The molecule has 0 radical (unpaired) electrons. The largest absolute Gasteiger partial charge is 0.323 e. The molecule has 1 aromatic carbocycles. The van der Waals surface area contributed by atoms with Crippen molar-refractivity contribution in [2.75, 3.05) is 10.7 Å². The SMILES string of the molecule is NNc1ccc([N+](=O)[O-])cc1C(=O)Nc1ncc(Br)s1. The lowest BCUT2D eigenvalue weighted by atomic mass is 10.1. The lowest BCUT2D eigenvalue weighted by Crippen LogP contribution is -2.17. The average molecular weight is 358 g/mol. The Labute approximate surface area is 125 Å². The number of benzene rings is 1. The number of carbonyl (C=O) groups excluding carboxylic acids is 1. The maximum absolute atomic E-state index is 12.1. The summed E-state index contributed by atoms with van der Waals surface area (Å²) in [4.78, 5) is 26.2. The molecule has 1 heterocycles. The van der Waals surface area contributed by atoms with Crippen LogP contribution in [0.15, 0.2) is 28.2 Å². The number of aromatic nitrogens is 1. The fourth-order valence-corrected chi connectivity index (χ4v) is 2.54. The van der Waals surface area contributed by atoms with Crippen molar-refractivity contribution < 1.29 is 9.72 Å². The van der Waals surface area contributed by atoms with Crippen LogP contribution in [0.2, 0.25) is 0 Å². The lowest BCUT2D eigenvalue weighted by Gasteiger charge is -2.07. The summed E-state index contributed by atoms with van der Waals surface area (Å²) in [5.74, 6) is 4.75. The van der Waals surface area contributed by atoms with Crippen LogP contribution in [0, 0.1) is 10.1 Å². The zero-order chi connectivity index (χ0) is 14.7. The summed E-state index contributed by atoms with van der Waals surface area (Å²) in [5, 5.41) is 13.7. The first-order valence-corrected chi connectivity index (χ1v) is 6.80. The van der Waals surface area contributed by atoms with Crippen molar-refractivity contribution in [3.05, 3.63) is 43.9 Å². The number of hydrogen-bond acceptors (Lipinski definition) is 7. The molecule has 0 aliphatic rings. The quantitative estimate of drug-likeness (QED) is 0.438. The molecule has 0 atom stereocenters. The smallest absolute Gasteiger partial charge is 0.270 e. The molecule has 2 rings (SSSR count). The number of nitro groups is 1. The van der Waals surface area contributed by atoms with E-state index in [2.05, 4.69) is 31.7 Å². The molecule has 0 saturated carbocycles. The Balaban J connectivity index is 2.32. The third-order valence-corrected chi connectivity index (χ3v) is 3.70. The highest BCUT2D eigenvalue weighted by Gasteiger charge is 2.17. The van der Waals surface area contributed by atoms with E-state index in [0.29, 0.717) is 5.13 Å². The standard InChI is InChI=1S/C10H8BrN5O3S/c11-8-4-13-10(20-8)14-9(17)6-3-5(16(18)19)1-2-7(6)15-12/h1-4,15H,12H2,(H,13,14,17). The number of carbonyl (C=O) groups is 1. The number of nitrogens with zero attached hydrogens (tertiary/aromatic N) is 2. The molecule has 0 fully saturated rings. The summed E-state index contributed by atoms with van der Waals surface area (Å²) >= 11 is 4.44. The van der Waals surface area contributed by atoms with Gasteiger partial charge in [0.25, 0.3) is 11.6 Å². The topological polar surface area (TPSA) is 123 Å². The summed E-state index contributed by atoms with van der Waals surface area (Å²) in [5.41, 5.74) is 2.47. The number of amides is 1. The van der Waals surface area contributed by atoms with Crippen LogP contribution in [0.25, 0.3) is 0 Å². The van der Waals surface area contributed by atoms with Gasteiger partial charge in [-0.15, -0.1) is 0 Å². The molecule has 0 aliphatic heterocycles. The number of nitrogens with two attached hydrogens (primary N) is 1. The first-order chi connectivity index (χ1) is 9.51. The van der Waals surface area contributed by atoms with Gasteiger partial charge in [-0.05, 0) is 22.0 Å². The molecule has 1 amide bonds. The number of hydrazine groups is 1. The molecule has 10 heteroatoms. The second-order valence-electron chi connectivity index (χ2n) is 3.55. The highest BCUT2D eigenvalue weighted by molar-refractivity contribution is 9.11. The first kappa shape index (κ1) is 14.4. The van der Waals surface area contributed by atoms with Crippen molar-refractivity contribution in [1.82, 2.24) is 4.98 Å². The molecule has 4 N–H and O–H groups in total. The van der Waals surface area contributed by atoms with Crippen LogP contribution in [-0.2, 0) is 0 Å². The van der Waals surface area contributed by atoms with E-state index < -0.39 is 10.8 Å². The van der Waals surface area contributed by atoms with Crippen LogP contribution in [0.4, 0.5) is 16.5 Å². The number of halogens is 1. The number of non-ortho nitro benzene ring substituents is 1. The van der Waals surface area contributed by atoms with Crippen molar-refractivity contribution in [3.8, 4) is 0 Å². The third-order valence-electron chi connectivity index (χ3n) is 2.31. The fraction of sp³-hybridized carbons (Fsp3) is 0. The summed E-state index contributed by atoms with van der Waals surface area (Å²) in [6, 6.07) is 3.77. The van der Waals surface area contributed by atoms with Gasteiger partial charge in [0.05, 0.1) is 26.2 Å². The van der Waals surface area contributed by atoms with Crippen molar-refractivity contribution >= 4 is 49.7 Å². The van der Waals surface area contributed by atoms with Gasteiger partial charge in [0.2, 0.25) is 0 Å². The Kier molecular flexibility index (Phi) is 4.27. The molecular formula is C10H8BrN5O3S. The fourth-order valence-electron chi connectivity index (χ4n) is 1.44. The van der Waals surface area contributed by atoms with Gasteiger partial charge in [-0.3, -0.25) is 26.1 Å². The Morgan fingerprint density at radius 3 is 2.80 bits per heavy atom. The number of thiazole rings is 1. The number of anilines is 2. The molecule has 2 aromatic rings. The molecule has 0 aliphatic carbocycles. The zero-order valence-electron chi connectivity index (χ0n) is 9.79. The summed E-state index contributed by atoms with van der Waals surface area (Å²) in [6.07, 6.45) is 1.54. The summed E-state index contributed by atoms with van der Waals surface area (Å²) in [6.45, 7) is 0. The molecular weight excluding hydrogens is 350 g/mol. The third kappa shape index (κ3) is 3.10. The maximum Gasteiger partial charge on any atom is 0.270 e. The van der Waals surface area contributed by atoms with Gasteiger partial charge in [-0.1, -0.05) is 11.3 Å². The number of hydrogen-bond donors (Lipinski definition) is 3. The van der Waals surface area contributed by atoms with E-state index in [9.17, 15) is 14.9 Å². The van der Waals surface area contributed by atoms with Crippen LogP contribution >= 0.6 is 27.3 Å².